The predicted molar refractivity (Wildman–Crippen MR) is 40.5 cm³/mol. The second-order valence-electron chi connectivity index (χ2n) is 2.03. The zero-order valence-electron chi connectivity index (χ0n) is 6.94. The highest BCUT2D eigenvalue weighted by molar-refractivity contribution is 5.84. The molecule has 0 aromatic carbocycles. The summed E-state index contributed by atoms with van der Waals surface area (Å²) >= 11 is 0. The molecule has 0 aliphatic heterocycles. The maximum Gasteiger partial charge on any atom is 0.313 e. The molecule has 2 nitrogen and oxygen atoms in total. The van der Waals surface area contributed by atoms with Gasteiger partial charge >= 0.3 is 5.97 Å². The molecule has 0 N–H and O–H groups in total. The Bertz CT molecular complexity index is 95.4. The number of esters is 1. The molecular weight excluding hydrogens is 128 g/mol. The molecule has 0 amide bonds. The summed E-state index contributed by atoms with van der Waals surface area (Å²) in [6.07, 6.45) is 1.60. The van der Waals surface area contributed by atoms with Gasteiger partial charge in [0.05, 0.1) is 12.5 Å². The molecule has 0 unspecified atom stereocenters. The fourth-order valence-corrected chi connectivity index (χ4v) is 0.772. The van der Waals surface area contributed by atoms with E-state index in [1.54, 1.807) is 0 Å². The van der Waals surface area contributed by atoms with E-state index >= 15 is 0 Å². The van der Waals surface area contributed by atoms with E-state index in [1.807, 2.05) is 20.8 Å². The molecule has 1 radical (unpaired) electrons. The molecule has 0 aliphatic rings. The first-order valence-electron chi connectivity index (χ1n) is 3.78. The second kappa shape index (κ2) is 5.27. The lowest BCUT2D eigenvalue weighted by molar-refractivity contribution is -0.141. The Hall–Kier alpha value is -0.530. The third-order valence-electron chi connectivity index (χ3n) is 1.42. The highest BCUT2D eigenvalue weighted by atomic mass is 16.5. The second-order valence-corrected chi connectivity index (χ2v) is 2.03. The van der Waals surface area contributed by atoms with Crippen LogP contribution in [0.4, 0.5) is 0 Å². The van der Waals surface area contributed by atoms with Crippen molar-refractivity contribution in [3.05, 3.63) is 5.92 Å². The van der Waals surface area contributed by atoms with E-state index in [0.29, 0.717) is 6.61 Å². The molecule has 10 heavy (non-hydrogen) atoms. The normalized spacial score (nSPS) is 10.0. The zero-order chi connectivity index (χ0) is 7.98. The topological polar surface area (TPSA) is 26.3 Å². The van der Waals surface area contributed by atoms with Gasteiger partial charge in [0.15, 0.2) is 0 Å². The summed E-state index contributed by atoms with van der Waals surface area (Å²) in [4.78, 5) is 10.9. The highest BCUT2D eigenvalue weighted by Crippen LogP contribution is 2.11. The van der Waals surface area contributed by atoms with Crippen LogP contribution in [0.15, 0.2) is 0 Å². The van der Waals surface area contributed by atoms with Crippen LogP contribution in [0.3, 0.4) is 0 Å². The Labute approximate surface area is 62.6 Å². The Morgan fingerprint density at radius 3 is 2.00 bits per heavy atom. The lowest BCUT2D eigenvalue weighted by Crippen LogP contribution is -2.13. The molecule has 0 rings (SSSR count). The van der Waals surface area contributed by atoms with Crippen molar-refractivity contribution in [3.63, 3.8) is 0 Å². The summed E-state index contributed by atoms with van der Waals surface area (Å²) in [7, 11) is 0. The van der Waals surface area contributed by atoms with E-state index in [2.05, 4.69) is 0 Å². The molecule has 0 aromatic rings. The van der Waals surface area contributed by atoms with Crippen LogP contribution in [0.2, 0.25) is 0 Å². The summed E-state index contributed by atoms with van der Waals surface area (Å²) in [5, 5.41) is 0. The van der Waals surface area contributed by atoms with Gasteiger partial charge in [-0.25, -0.2) is 0 Å². The Balaban J connectivity index is 3.65. The van der Waals surface area contributed by atoms with E-state index in [4.69, 9.17) is 4.74 Å². The predicted octanol–water partition coefficient (Wildman–Crippen LogP) is 1.94. The number of hydrogen-bond acceptors (Lipinski definition) is 2. The first-order valence-corrected chi connectivity index (χ1v) is 3.78. The van der Waals surface area contributed by atoms with E-state index in [1.165, 1.54) is 0 Å². The smallest absolute Gasteiger partial charge is 0.313 e. The van der Waals surface area contributed by atoms with Crippen LogP contribution in [-0.2, 0) is 9.53 Å². The summed E-state index contributed by atoms with van der Waals surface area (Å²) < 4.78 is 4.81. The Kier molecular flexibility index (Phi) is 4.99. The standard InChI is InChI=1S/C8H15O2/c1-4-7(5-2)8(9)10-6-3/h4-6H2,1-3H3. The highest BCUT2D eigenvalue weighted by Gasteiger charge is 2.14. The first kappa shape index (κ1) is 9.47. The monoisotopic (exact) mass is 143 g/mol. The number of ether oxygens (including phenoxy) is 1. The van der Waals surface area contributed by atoms with Gasteiger partial charge in [-0.05, 0) is 19.8 Å². The van der Waals surface area contributed by atoms with E-state index in [0.717, 1.165) is 18.8 Å². The molecule has 0 spiro atoms. The average Bonchev–Trinajstić information content (AvgIpc) is 1.91. The van der Waals surface area contributed by atoms with Gasteiger partial charge in [-0.1, -0.05) is 13.8 Å². The SMILES string of the molecule is CCOC(=O)[C](CC)CC. The lowest BCUT2D eigenvalue weighted by Gasteiger charge is -2.08. The third-order valence-corrected chi connectivity index (χ3v) is 1.42. The van der Waals surface area contributed by atoms with Crippen LogP contribution in [0.25, 0.3) is 0 Å². The van der Waals surface area contributed by atoms with Gasteiger partial charge in [0.25, 0.3) is 0 Å². The molecule has 0 saturated carbocycles. The number of carbonyl (C=O) groups excluding carboxylic acids is 1. The van der Waals surface area contributed by atoms with Crippen LogP contribution in [0.1, 0.15) is 33.6 Å². The van der Waals surface area contributed by atoms with Gasteiger partial charge in [-0.2, -0.15) is 0 Å². The zero-order valence-corrected chi connectivity index (χ0v) is 6.94. The molecule has 0 aliphatic carbocycles. The molecule has 0 fully saturated rings. The van der Waals surface area contributed by atoms with Crippen molar-refractivity contribution in [1.29, 1.82) is 0 Å². The van der Waals surface area contributed by atoms with Gasteiger partial charge in [-0.3, -0.25) is 4.79 Å². The minimum atomic E-state index is -0.132. The Morgan fingerprint density at radius 1 is 1.20 bits per heavy atom. The van der Waals surface area contributed by atoms with Crippen LogP contribution in [0.5, 0.6) is 0 Å². The number of hydrogen-bond donors (Lipinski definition) is 0. The molecule has 2 heteroatoms. The molecule has 0 aromatic heterocycles. The van der Waals surface area contributed by atoms with Crippen molar-refractivity contribution in [3.8, 4) is 0 Å². The van der Waals surface area contributed by atoms with E-state index < -0.39 is 0 Å². The van der Waals surface area contributed by atoms with Gasteiger partial charge in [-0.15, -0.1) is 0 Å². The van der Waals surface area contributed by atoms with Gasteiger partial charge in [0.2, 0.25) is 0 Å². The summed E-state index contributed by atoms with van der Waals surface area (Å²) in [6, 6.07) is 0. The van der Waals surface area contributed by atoms with Crippen molar-refractivity contribution in [2.24, 2.45) is 0 Å². The average molecular weight is 143 g/mol. The van der Waals surface area contributed by atoms with Gasteiger partial charge in [0, 0.05) is 0 Å². The van der Waals surface area contributed by atoms with Crippen molar-refractivity contribution in [1.82, 2.24) is 0 Å². The summed E-state index contributed by atoms with van der Waals surface area (Å²) in [5.74, 6) is 0.745. The lowest BCUT2D eigenvalue weighted by atomic mass is 10.0. The van der Waals surface area contributed by atoms with Gasteiger partial charge in [0.1, 0.15) is 0 Å². The van der Waals surface area contributed by atoms with E-state index in [9.17, 15) is 4.79 Å². The first-order chi connectivity index (χ1) is 4.76. The Morgan fingerprint density at radius 2 is 1.70 bits per heavy atom. The van der Waals surface area contributed by atoms with Crippen molar-refractivity contribution < 1.29 is 9.53 Å². The molecule has 0 bridgehead atoms. The van der Waals surface area contributed by atoms with Crippen LogP contribution >= 0.6 is 0 Å². The molecule has 0 atom stereocenters. The summed E-state index contributed by atoms with van der Waals surface area (Å²) in [5.41, 5.74) is 0. The minimum absolute atomic E-state index is 0.132. The largest absolute Gasteiger partial charge is 0.466 e. The minimum Gasteiger partial charge on any atom is -0.466 e. The molecule has 0 saturated heterocycles. The third kappa shape index (κ3) is 2.85. The maximum absolute atomic E-state index is 10.9. The quantitative estimate of drug-likeness (QED) is 0.562. The fraction of sp³-hybridized carbons (Fsp3) is 0.750. The summed E-state index contributed by atoms with van der Waals surface area (Å²) in [6.45, 7) is 6.23. The van der Waals surface area contributed by atoms with E-state index in [-0.39, 0.29) is 5.97 Å². The molecule has 59 valence electrons. The maximum atomic E-state index is 10.9. The number of rotatable bonds is 4. The molecule has 0 heterocycles. The van der Waals surface area contributed by atoms with Gasteiger partial charge < -0.3 is 4.74 Å². The van der Waals surface area contributed by atoms with Crippen LogP contribution in [0, 0.1) is 5.92 Å². The molecular formula is C8H15O2. The number of carbonyl (C=O) groups is 1. The van der Waals surface area contributed by atoms with Crippen molar-refractivity contribution >= 4 is 5.97 Å². The van der Waals surface area contributed by atoms with Crippen molar-refractivity contribution in [2.45, 2.75) is 33.6 Å². The van der Waals surface area contributed by atoms with Crippen LogP contribution < -0.4 is 0 Å². The van der Waals surface area contributed by atoms with Crippen LogP contribution in [-0.4, -0.2) is 12.6 Å². The fourth-order valence-electron chi connectivity index (χ4n) is 0.772. The van der Waals surface area contributed by atoms with Crippen molar-refractivity contribution in [2.75, 3.05) is 6.61 Å².